The monoisotopic (exact) mass is 394 g/mol. The number of esters is 1. The number of ether oxygens (including phenoxy) is 1. The minimum absolute atomic E-state index is 0. The summed E-state index contributed by atoms with van der Waals surface area (Å²) in [6, 6.07) is 3.73. The third kappa shape index (κ3) is 3.71. The topological polar surface area (TPSA) is 35.1 Å². The average Bonchev–Trinajstić information content (AvgIpc) is 2.62. The molecular weight excluding hydrogens is 379 g/mol. The molecule has 0 saturated heterocycles. The lowest BCUT2D eigenvalue weighted by Gasteiger charge is -2.02. The van der Waals surface area contributed by atoms with Gasteiger partial charge in [-0.3, -0.25) is 4.79 Å². The van der Waals surface area contributed by atoms with Crippen LogP contribution in [0.4, 0.5) is 0 Å². The van der Waals surface area contributed by atoms with E-state index in [4.69, 9.17) is 27.9 Å². The zero-order valence-electron chi connectivity index (χ0n) is 12.1. The Bertz CT molecular complexity index is 671. The molecule has 7 heteroatoms. The van der Waals surface area contributed by atoms with E-state index in [1.165, 1.54) is 6.92 Å². The van der Waals surface area contributed by atoms with E-state index in [2.05, 4.69) is 16.1 Å². The normalized spacial score (nSPS) is 10.5. The van der Waals surface area contributed by atoms with Gasteiger partial charge in [-0.2, -0.15) is 0 Å². The van der Waals surface area contributed by atoms with Crippen molar-refractivity contribution in [2.24, 2.45) is 0 Å². The molecule has 0 fully saturated rings. The van der Waals surface area contributed by atoms with Crippen molar-refractivity contribution in [1.29, 1.82) is 0 Å². The summed E-state index contributed by atoms with van der Waals surface area (Å²) in [6.07, 6.45) is 0. The van der Waals surface area contributed by atoms with Crippen molar-refractivity contribution in [2.45, 2.75) is 33.9 Å². The Morgan fingerprint density at radius 2 is 1.95 bits per heavy atom. The maximum Gasteiger partial charge on any atom is 0.302 e. The third-order valence-corrected chi connectivity index (χ3v) is 4.04. The van der Waals surface area contributed by atoms with Crippen LogP contribution < -0.4 is 21.5 Å². The summed E-state index contributed by atoms with van der Waals surface area (Å²) < 4.78 is 9.26. The summed E-state index contributed by atoms with van der Waals surface area (Å²) in [7, 11) is 0. The third-order valence-electron chi connectivity index (χ3n) is 3.32. The van der Waals surface area contributed by atoms with Crippen LogP contribution in [0.1, 0.15) is 19.7 Å². The van der Waals surface area contributed by atoms with Crippen LogP contribution in [0.3, 0.4) is 0 Å². The van der Waals surface area contributed by atoms with Gasteiger partial charge >= 0.3 is 5.97 Å². The lowest BCUT2D eigenvalue weighted by atomic mass is 10.3. The van der Waals surface area contributed by atoms with Gasteiger partial charge in [0.25, 0.3) is 5.82 Å². The molecule has 0 spiro atoms. The molecule has 0 aliphatic heterocycles. The van der Waals surface area contributed by atoms with Gasteiger partial charge in [-0.15, -0.1) is 0 Å². The summed E-state index contributed by atoms with van der Waals surface area (Å²) in [4.78, 5) is 10.9. The quantitative estimate of drug-likeness (QED) is 0.545. The van der Waals surface area contributed by atoms with Gasteiger partial charge in [0, 0.05) is 26.0 Å². The van der Waals surface area contributed by atoms with E-state index in [0.717, 1.165) is 23.4 Å². The number of aryl methyl sites for hydroxylation is 1. The molecule has 21 heavy (non-hydrogen) atoms. The van der Waals surface area contributed by atoms with E-state index in [1.54, 1.807) is 0 Å². The summed E-state index contributed by atoms with van der Waals surface area (Å²) in [5.74, 6) is 0.802. The zero-order chi connectivity index (χ0) is 14.9. The molecule has 0 aliphatic carbocycles. The number of hydrogen-bond donors (Lipinski definition) is 0. The van der Waals surface area contributed by atoms with Gasteiger partial charge < -0.3 is 21.7 Å². The lowest BCUT2D eigenvalue weighted by molar-refractivity contribution is -0.679. The number of carbonyl (C=O) groups is 1. The maximum atomic E-state index is 10.9. The highest BCUT2D eigenvalue weighted by atomic mass is 79.9. The molecule has 2 aromatic rings. The number of fused-ring (bicyclic) bond motifs is 1. The largest absolute Gasteiger partial charge is 1.00 e. The number of aromatic nitrogens is 2. The van der Waals surface area contributed by atoms with Crippen LogP contribution in [0.25, 0.3) is 11.0 Å². The Balaban J connectivity index is 0.00000220. The second-order valence-electron chi connectivity index (χ2n) is 4.54. The molecule has 0 N–H and O–H groups in total. The molecule has 0 atom stereocenters. The molecule has 1 aromatic heterocycles. The standard InChI is InChI=1S/C14H17Cl2N2O2.BrH/c1-4-17-9(2)18(5-6-20-10(3)19)14-8-12(16)11(15)7-13(14)17;/h7-8H,4-6H2,1-3H3;1H/q+1;/p-1. The van der Waals surface area contributed by atoms with E-state index >= 15 is 0 Å². The first kappa shape index (κ1) is 18.3. The zero-order valence-corrected chi connectivity index (χ0v) is 15.2. The molecule has 0 saturated carbocycles. The number of imidazole rings is 1. The van der Waals surface area contributed by atoms with Crippen LogP contribution in [0.5, 0.6) is 0 Å². The van der Waals surface area contributed by atoms with Crippen LogP contribution in [0.15, 0.2) is 12.1 Å². The van der Waals surface area contributed by atoms with E-state index in [9.17, 15) is 4.79 Å². The van der Waals surface area contributed by atoms with Gasteiger partial charge in [-0.1, -0.05) is 23.2 Å². The smallest absolute Gasteiger partial charge is 0.302 e. The van der Waals surface area contributed by atoms with Crippen LogP contribution in [0, 0.1) is 6.92 Å². The highest BCUT2D eigenvalue weighted by Gasteiger charge is 2.22. The Kier molecular flexibility index (Phi) is 6.50. The maximum absolute atomic E-state index is 10.9. The predicted octanol–water partition coefficient (Wildman–Crippen LogP) is 0.131. The lowest BCUT2D eigenvalue weighted by Crippen LogP contribution is -3.00. The van der Waals surface area contributed by atoms with Gasteiger partial charge in [-0.05, 0) is 6.92 Å². The highest BCUT2D eigenvalue weighted by Crippen LogP contribution is 2.27. The van der Waals surface area contributed by atoms with Gasteiger partial charge in [-0.25, -0.2) is 9.13 Å². The Labute approximate surface area is 144 Å². The summed E-state index contributed by atoms with van der Waals surface area (Å²) in [6.45, 7) is 7.27. The minimum Gasteiger partial charge on any atom is -1.00 e. The SMILES string of the molecule is CCn1c(C)[n+](CCOC(C)=O)c2cc(Cl)c(Cl)cc21.[Br-]. The first-order valence-electron chi connectivity index (χ1n) is 6.46. The Morgan fingerprint density at radius 3 is 2.52 bits per heavy atom. The predicted molar refractivity (Wildman–Crippen MR) is 79.2 cm³/mol. The van der Waals surface area contributed by atoms with Crippen molar-refractivity contribution >= 4 is 40.2 Å². The second-order valence-corrected chi connectivity index (χ2v) is 5.35. The van der Waals surface area contributed by atoms with E-state index in [0.29, 0.717) is 23.2 Å². The Hall–Kier alpha value is -0.780. The van der Waals surface area contributed by atoms with Crippen LogP contribution in [-0.4, -0.2) is 17.1 Å². The molecule has 0 aliphatic rings. The number of halogens is 3. The molecule has 2 rings (SSSR count). The summed E-state index contributed by atoms with van der Waals surface area (Å²) >= 11 is 12.2. The first-order valence-corrected chi connectivity index (χ1v) is 7.22. The second kappa shape index (κ2) is 7.47. The van der Waals surface area contributed by atoms with Gasteiger partial charge in [0.2, 0.25) is 0 Å². The van der Waals surface area contributed by atoms with Crippen molar-refractivity contribution in [2.75, 3.05) is 6.61 Å². The Morgan fingerprint density at radius 1 is 1.33 bits per heavy atom. The van der Waals surface area contributed by atoms with Crippen LogP contribution in [0.2, 0.25) is 10.0 Å². The molecule has 0 amide bonds. The summed E-state index contributed by atoms with van der Waals surface area (Å²) in [5.41, 5.74) is 2.02. The highest BCUT2D eigenvalue weighted by molar-refractivity contribution is 6.42. The van der Waals surface area contributed by atoms with Gasteiger partial charge in [0.05, 0.1) is 16.6 Å². The van der Waals surface area contributed by atoms with E-state index in [1.807, 2.05) is 19.1 Å². The fourth-order valence-electron chi connectivity index (χ4n) is 2.41. The van der Waals surface area contributed by atoms with Gasteiger partial charge in [0.1, 0.15) is 13.2 Å². The molecule has 0 radical (unpaired) electrons. The van der Waals surface area contributed by atoms with Crippen molar-refractivity contribution in [3.8, 4) is 0 Å². The van der Waals surface area contributed by atoms with Crippen molar-refractivity contribution in [3.05, 3.63) is 28.0 Å². The number of rotatable bonds is 4. The number of benzene rings is 1. The number of carbonyl (C=O) groups excluding carboxylic acids is 1. The van der Waals surface area contributed by atoms with Crippen molar-refractivity contribution in [3.63, 3.8) is 0 Å². The molecular formula is C14H17BrCl2N2O2. The molecule has 0 unspecified atom stereocenters. The van der Waals surface area contributed by atoms with Crippen molar-refractivity contribution in [1.82, 2.24) is 4.57 Å². The molecule has 0 bridgehead atoms. The molecule has 1 aromatic carbocycles. The van der Waals surface area contributed by atoms with Crippen LogP contribution >= 0.6 is 23.2 Å². The average molecular weight is 396 g/mol. The fourth-order valence-corrected chi connectivity index (χ4v) is 2.73. The molecule has 116 valence electrons. The molecule has 4 nitrogen and oxygen atoms in total. The van der Waals surface area contributed by atoms with Crippen molar-refractivity contribution < 1.29 is 31.1 Å². The van der Waals surface area contributed by atoms with Gasteiger partial charge in [0.15, 0.2) is 11.0 Å². The minimum atomic E-state index is -0.274. The van der Waals surface area contributed by atoms with E-state index in [-0.39, 0.29) is 23.0 Å². The summed E-state index contributed by atoms with van der Waals surface area (Å²) in [5, 5.41) is 1.06. The van der Waals surface area contributed by atoms with Crippen LogP contribution in [-0.2, 0) is 22.6 Å². The number of nitrogens with zero attached hydrogens (tertiary/aromatic N) is 2. The fraction of sp³-hybridized carbons (Fsp3) is 0.429. The van der Waals surface area contributed by atoms with E-state index < -0.39 is 0 Å². The first-order chi connectivity index (χ1) is 9.45. The number of hydrogen-bond acceptors (Lipinski definition) is 2. The molecule has 1 heterocycles.